The summed E-state index contributed by atoms with van der Waals surface area (Å²) in [6, 6.07) is 3.34. The minimum atomic E-state index is -0.285. The number of amides is 1. The Morgan fingerprint density at radius 2 is 2.26 bits per heavy atom. The Bertz CT molecular complexity index is 658. The second kappa shape index (κ2) is 4.69. The van der Waals surface area contributed by atoms with E-state index >= 15 is 0 Å². The van der Waals surface area contributed by atoms with E-state index in [2.05, 4.69) is 30.4 Å². The molecule has 3 aromatic heterocycles. The molecule has 0 spiro atoms. The molecule has 0 radical (unpaired) electrons. The topological polar surface area (TPSA) is 101 Å². The van der Waals surface area contributed by atoms with Gasteiger partial charge in [0.25, 0.3) is 5.91 Å². The zero-order valence-electron chi connectivity index (χ0n) is 9.69. The molecule has 0 saturated carbocycles. The van der Waals surface area contributed by atoms with Crippen LogP contribution in [0, 0.1) is 0 Å². The van der Waals surface area contributed by atoms with Crippen molar-refractivity contribution in [2.24, 2.45) is 0 Å². The maximum Gasteiger partial charge on any atom is 0.259 e. The number of anilines is 1. The van der Waals surface area contributed by atoms with Gasteiger partial charge in [0, 0.05) is 18.6 Å². The van der Waals surface area contributed by atoms with Crippen molar-refractivity contribution in [2.75, 3.05) is 5.32 Å². The Morgan fingerprint density at radius 1 is 1.32 bits per heavy atom. The molecule has 19 heavy (non-hydrogen) atoms. The van der Waals surface area contributed by atoms with E-state index in [-0.39, 0.29) is 5.91 Å². The first kappa shape index (κ1) is 11.1. The summed E-state index contributed by atoms with van der Waals surface area (Å²) in [7, 11) is 0. The van der Waals surface area contributed by atoms with Crippen molar-refractivity contribution >= 4 is 11.9 Å². The lowest BCUT2D eigenvalue weighted by molar-refractivity contribution is 0.102. The molecule has 0 saturated heterocycles. The molecule has 0 aliphatic heterocycles. The molecule has 3 rings (SSSR count). The van der Waals surface area contributed by atoms with Gasteiger partial charge in [-0.2, -0.15) is 5.10 Å². The second-order valence-electron chi connectivity index (χ2n) is 3.64. The molecule has 1 amide bonds. The van der Waals surface area contributed by atoms with Gasteiger partial charge in [-0.1, -0.05) is 0 Å². The highest BCUT2D eigenvalue weighted by molar-refractivity contribution is 6.03. The van der Waals surface area contributed by atoms with Gasteiger partial charge < -0.3 is 4.98 Å². The molecule has 0 fully saturated rings. The van der Waals surface area contributed by atoms with Gasteiger partial charge in [0.1, 0.15) is 12.7 Å². The quantitative estimate of drug-likeness (QED) is 0.715. The summed E-state index contributed by atoms with van der Waals surface area (Å²) in [5.41, 5.74) is 0.431. The number of pyridine rings is 1. The van der Waals surface area contributed by atoms with E-state index < -0.39 is 0 Å². The van der Waals surface area contributed by atoms with E-state index in [9.17, 15) is 4.79 Å². The summed E-state index contributed by atoms with van der Waals surface area (Å²) < 4.78 is 1.51. The molecule has 0 aromatic carbocycles. The van der Waals surface area contributed by atoms with Gasteiger partial charge in [-0.15, -0.1) is 0 Å². The molecule has 8 heteroatoms. The predicted octanol–water partition coefficient (Wildman–Crippen LogP) is 0.638. The molecule has 3 aromatic rings. The number of hydrogen-bond acceptors (Lipinski definition) is 5. The van der Waals surface area contributed by atoms with Crippen LogP contribution in [-0.2, 0) is 0 Å². The molecule has 2 N–H and O–H groups in total. The summed E-state index contributed by atoms with van der Waals surface area (Å²) in [6.07, 6.45) is 7.60. The Hall–Kier alpha value is -3.03. The zero-order valence-corrected chi connectivity index (χ0v) is 9.69. The number of nitrogens with one attached hydrogen (secondary N) is 2. The molecule has 0 unspecified atom stereocenters. The van der Waals surface area contributed by atoms with Crippen molar-refractivity contribution in [3.05, 3.63) is 48.9 Å². The number of imidazole rings is 1. The van der Waals surface area contributed by atoms with Crippen molar-refractivity contribution in [2.45, 2.75) is 0 Å². The standard InChI is InChI=1S/C11H9N7O/c19-10(17-11-13-3-4-14-11)8-1-2-9(15-5-8)18-7-12-6-16-18/h1-7H,(H2,13,14,17,19). The first-order valence-electron chi connectivity index (χ1n) is 5.45. The molecule has 94 valence electrons. The maximum atomic E-state index is 11.9. The molecule has 0 bridgehead atoms. The van der Waals surface area contributed by atoms with Crippen molar-refractivity contribution in [3.63, 3.8) is 0 Å². The number of carbonyl (C=O) groups excluding carboxylic acids is 1. The first-order chi connectivity index (χ1) is 9.33. The third kappa shape index (κ3) is 2.32. The van der Waals surface area contributed by atoms with Crippen molar-refractivity contribution in [1.82, 2.24) is 29.7 Å². The normalized spacial score (nSPS) is 10.3. The number of carbonyl (C=O) groups is 1. The summed E-state index contributed by atoms with van der Waals surface area (Å²) in [5, 5.41) is 6.56. The van der Waals surface area contributed by atoms with E-state index in [1.165, 1.54) is 23.5 Å². The van der Waals surface area contributed by atoms with Crippen molar-refractivity contribution < 1.29 is 4.79 Å². The second-order valence-corrected chi connectivity index (χ2v) is 3.64. The number of rotatable bonds is 3. The Labute approximate surface area is 107 Å². The predicted molar refractivity (Wildman–Crippen MR) is 65.7 cm³/mol. The molecule has 0 aliphatic carbocycles. The van der Waals surface area contributed by atoms with Crippen LogP contribution in [0.3, 0.4) is 0 Å². The van der Waals surface area contributed by atoms with Crippen LogP contribution in [0.25, 0.3) is 5.82 Å². The van der Waals surface area contributed by atoms with Crippen LogP contribution >= 0.6 is 0 Å². The van der Waals surface area contributed by atoms with Gasteiger partial charge in [-0.3, -0.25) is 10.1 Å². The average Bonchev–Trinajstić information content (AvgIpc) is 3.12. The van der Waals surface area contributed by atoms with E-state index in [0.29, 0.717) is 17.3 Å². The number of aromatic nitrogens is 6. The van der Waals surface area contributed by atoms with Gasteiger partial charge in [0.2, 0.25) is 5.95 Å². The van der Waals surface area contributed by atoms with Crippen LogP contribution in [0.1, 0.15) is 10.4 Å². The lowest BCUT2D eigenvalue weighted by atomic mass is 10.2. The highest BCUT2D eigenvalue weighted by Gasteiger charge is 2.08. The van der Waals surface area contributed by atoms with Crippen LogP contribution in [0.5, 0.6) is 0 Å². The fourth-order valence-electron chi connectivity index (χ4n) is 1.50. The number of hydrogen-bond donors (Lipinski definition) is 2. The van der Waals surface area contributed by atoms with Crippen molar-refractivity contribution in [1.29, 1.82) is 0 Å². The number of aromatic amines is 1. The zero-order chi connectivity index (χ0) is 13.1. The highest BCUT2D eigenvalue weighted by atomic mass is 16.1. The van der Waals surface area contributed by atoms with Gasteiger partial charge in [-0.25, -0.2) is 19.6 Å². The van der Waals surface area contributed by atoms with Gasteiger partial charge in [-0.05, 0) is 12.1 Å². The Kier molecular flexibility index (Phi) is 2.73. The molecule has 8 nitrogen and oxygen atoms in total. The summed E-state index contributed by atoms with van der Waals surface area (Å²) in [5.74, 6) is 0.699. The SMILES string of the molecule is O=C(Nc1ncc[nH]1)c1ccc(-n2cncn2)nc1. The monoisotopic (exact) mass is 255 g/mol. The highest BCUT2D eigenvalue weighted by Crippen LogP contribution is 2.06. The Morgan fingerprint density at radius 3 is 2.89 bits per heavy atom. The first-order valence-corrected chi connectivity index (χ1v) is 5.45. The Balaban J connectivity index is 1.77. The van der Waals surface area contributed by atoms with E-state index in [1.54, 1.807) is 24.5 Å². The van der Waals surface area contributed by atoms with Crippen molar-refractivity contribution in [3.8, 4) is 5.82 Å². The van der Waals surface area contributed by atoms with E-state index in [1.807, 2.05) is 0 Å². The average molecular weight is 255 g/mol. The fraction of sp³-hybridized carbons (Fsp3) is 0. The third-order valence-electron chi connectivity index (χ3n) is 2.39. The van der Waals surface area contributed by atoms with Crippen LogP contribution in [0.15, 0.2) is 43.4 Å². The van der Waals surface area contributed by atoms with Crippen LogP contribution < -0.4 is 5.32 Å². The third-order valence-corrected chi connectivity index (χ3v) is 2.39. The largest absolute Gasteiger partial charge is 0.331 e. The van der Waals surface area contributed by atoms with Crippen LogP contribution in [0.2, 0.25) is 0 Å². The van der Waals surface area contributed by atoms with Crippen LogP contribution in [0.4, 0.5) is 5.95 Å². The van der Waals surface area contributed by atoms with Crippen LogP contribution in [-0.4, -0.2) is 35.6 Å². The summed E-state index contributed by atoms with van der Waals surface area (Å²) in [6.45, 7) is 0. The summed E-state index contributed by atoms with van der Waals surface area (Å²) in [4.78, 5) is 26.5. The summed E-state index contributed by atoms with van der Waals surface area (Å²) >= 11 is 0. The van der Waals surface area contributed by atoms with E-state index in [4.69, 9.17) is 0 Å². The molecular formula is C11H9N7O. The fourth-order valence-corrected chi connectivity index (χ4v) is 1.50. The maximum absolute atomic E-state index is 11.9. The molecule has 0 aliphatic rings. The molecule has 0 atom stereocenters. The lowest BCUT2D eigenvalue weighted by Crippen LogP contribution is -2.13. The minimum Gasteiger partial charge on any atom is -0.331 e. The molecular weight excluding hydrogens is 246 g/mol. The lowest BCUT2D eigenvalue weighted by Gasteiger charge is -2.03. The van der Waals surface area contributed by atoms with E-state index in [0.717, 1.165) is 0 Å². The van der Waals surface area contributed by atoms with Gasteiger partial charge in [0.15, 0.2) is 5.82 Å². The van der Waals surface area contributed by atoms with Gasteiger partial charge >= 0.3 is 0 Å². The van der Waals surface area contributed by atoms with Gasteiger partial charge in [0.05, 0.1) is 5.56 Å². The smallest absolute Gasteiger partial charge is 0.259 e. The minimum absolute atomic E-state index is 0.285. The molecule has 3 heterocycles. The number of H-pyrrole nitrogens is 1. The number of nitrogens with zero attached hydrogens (tertiary/aromatic N) is 5.